The molecule has 0 saturated heterocycles. The van der Waals surface area contributed by atoms with E-state index >= 15 is 0 Å². The molecule has 1 aromatic carbocycles. The van der Waals surface area contributed by atoms with Crippen LogP contribution in [0.25, 0.3) is 0 Å². The van der Waals surface area contributed by atoms with E-state index in [2.05, 4.69) is 67.9 Å². The predicted octanol–water partition coefficient (Wildman–Crippen LogP) is 4.64. The molecule has 2 heterocycles. The van der Waals surface area contributed by atoms with Crippen molar-refractivity contribution in [3.63, 3.8) is 0 Å². The summed E-state index contributed by atoms with van der Waals surface area (Å²) in [5.74, 6) is 0.843. The van der Waals surface area contributed by atoms with Crippen molar-refractivity contribution in [3.8, 4) is 0 Å². The Morgan fingerprint density at radius 3 is 2.37 bits per heavy atom. The van der Waals surface area contributed by atoms with E-state index in [1.807, 2.05) is 6.92 Å². The van der Waals surface area contributed by atoms with Gasteiger partial charge >= 0.3 is 0 Å². The number of hydrogen-bond donors (Lipinski definition) is 1. The van der Waals surface area contributed by atoms with E-state index in [0.717, 1.165) is 48.1 Å². The van der Waals surface area contributed by atoms with Gasteiger partial charge in [0.05, 0.1) is 5.69 Å². The summed E-state index contributed by atoms with van der Waals surface area (Å²) in [7, 11) is 0. The molecule has 5 heteroatoms. The van der Waals surface area contributed by atoms with Crippen molar-refractivity contribution in [2.24, 2.45) is 0 Å². The molecule has 1 N–H and O–H groups in total. The molecule has 144 valence electrons. The van der Waals surface area contributed by atoms with Crippen LogP contribution in [0, 0.1) is 27.7 Å². The molecule has 0 unspecified atom stereocenters. The minimum Gasteiger partial charge on any atom is -0.370 e. The second-order valence-electron chi connectivity index (χ2n) is 7.44. The maximum Gasteiger partial charge on any atom is 0.244 e. The Balaban J connectivity index is 2.21. The van der Waals surface area contributed by atoms with E-state index < -0.39 is 0 Å². The van der Waals surface area contributed by atoms with Crippen LogP contribution >= 0.6 is 0 Å². The molecule has 0 radical (unpaired) electrons. The van der Waals surface area contributed by atoms with Crippen LogP contribution in [0.15, 0.2) is 18.2 Å². The zero-order valence-corrected chi connectivity index (χ0v) is 17.3. The smallest absolute Gasteiger partial charge is 0.244 e. The number of nitrogens with one attached hydrogen (secondary N) is 1. The van der Waals surface area contributed by atoms with E-state index in [4.69, 9.17) is 4.98 Å². The topological polar surface area (TPSA) is 48.5 Å². The highest BCUT2D eigenvalue weighted by molar-refractivity contribution is 6.06. The third-order valence-corrected chi connectivity index (χ3v) is 5.05. The first-order valence-corrected chi connectivity index (χ1v) is 9.77. The first-order valence-electron chi connectivity index (χ1n) is 9.77. The molecule has 27 heavy (non-hydrogen) atoms. The Kier molecular flexibility index (Phi) is 5.40. The van der Waals surface area contributed by atoms with Gasteiger partial charge in [0.15, 0.2) is 5.82 Å². The standard InChI is InChI=1S/C22H30N4O/c1-7-9-25(8-2)18-12-17(6)23-22-20(18)24-19(27)13-26(22)21-15(4)10-14(3)11-16(21)5/h10-12H,7-9,13H2,1-6H3,(H,24,27). The molecule has 0 spiro atoms. The highest BCUT2D eigenvalue weighted by Gasteiger charge is 2.30. The monoisotopic (exact) mass is 366 g/mol. The zero-order valence-electron chi connectivity index (χ0n) is 17.3. The van der Waals surface area contributed by atoms with Crippen molar-refractivity contribution >= 4 is 28.8 Å². The molecular formula is C22H30N4O. The number of anilines is 4. The van der Waals surface area contributed by atoms with Gasteiger partial charge in [-0.05, 0) is 58.2 Å². The lowest BCUT2D eigenvalue weighted by Crippen LogP contribution is -2.38. The summed E-state index contributed by atoms with van der Waals surface area (Å²) in [6.07, 6.45) is 1.05. The number of benzene rings is 1. The van der Waals surface area contributed by atoms with Crippen molar-refractivity contribution in [2.75, 3.05) is 34.8 Å². The van der Waals surface area contributed by atoms with Crippen LogP contribution in [0.1, 0.15) is 42.7 Å². The first-order chi connectivity index (χ1) is 12.8. The Morgan fingerprint density at radius 1 is 1.11 bits per heavy atom. The SMILES string of the molecule is CCCN(CC)c1cc(C)nc2c1NC(=O)CN2c1c(C)cc(C)cc1C. The summed E-state index contributed by atoms with van der Waals surface area (Å²) >= 11 is 0. The molecule has 0 aliphatic carbocycles. The Bertz CT molecular complexity index is 852. The maximum atomic E-state index is 12.6. The maximum absolute atomic E-state index is 12.6. The molecule has 0 saturated carbocycles. The number of rotatable bonds is 5. The van der Waals surface area contributed by atoms with Crippen molar-refractivity contribution in [1.82, 2.24) is 4.98 Å². The molecular weight excluding hydrogens is 336 g/mol. The minimum absolute atomic E-state index is 0.00123. The summed E-state index contributed by atoms with van der Waals surface area (Å²) in [4.78, 5) is 21.8. The van der Waals surface area contributed by atoms with Gasteiger partial charge in [0.1, 0.15) is 12.2 Å². The molecule has 0 fully saturated rings. The number of fused-ring (bicyclic) bond motifs is 1. The number of nitrogens with zero attached hydrogens (tertiary/aromatic N) is 3. The van der Waals surface area contributed by atoms with Crippen LogP contribution in [0.3, 0.4) is 0 Å². The van der Waals surface area contributed by atoms with Gasteiger partial charge in [0, 0.05) is 24.5 Å². The molecule has 0 atom stereocenters. The number of hydrogen-bond acceptors (Lipinski definition) is 4. The first kappa shape index (κ1) is 19.2. The van der Waals surface area contributed by atoms with Gasteiger partial charge in [-0.3, -0.25) is 4.79 Å². The van der Waals surface area contributed by atoms with E-state index in [9.17, 15) is 4.79 Å². The lowest BCUT2D eigenvalue weighted by Gasteiger charge is -2.35. The molecule has 5 nitrogen and oxygen atoms in total. The second-order valence-corrected chi connectivity index (χ2v) is 7.44. The molecule has 1 amide bonds. The number of carbonyl (C=O) groups is 1. The largest absolute Gasteiger partial charge is 0.370 e. The third kappa shape index (κ3) is 3.64. The van der Waals surface area contributed by atoms with Crippen LogP contribution in [0.2, 0.25) is 0 Å². The third-order valence-electron chi connectivity index (χ3n) is 5.05. The number of pyridine rings is 1. The summed E-state index contributed by atoms with van der Waals surface area (Å²) in [6.45, 7) is 14.8. The van der Waals surface area contributed by atoms with Crippen LogP contribution < -0.4 is 15.1 Å². The number of aryl methyl sites for hydroxylation is 4. The average Bonchev–Trinajstić information content (AvgIpc) is 2.59. The molecule has 1 aromatic heterocycles. The fourth-order valence-corrected chi connectivity index (χ4v) is 4.10. The Labute approximate surface area is 162 Å². The fraction of sp³-hybridized carbons (Fsp3) is 0.455. The predicted molar refractivity (Wildman–Crippen MR) is 113 cm³/mol. The highest BCUT2D eigenvalue weighted by Crippen LogP contribution is 2.42. The normalized spacial score (nSPS) is 13.4. The number of amides is 1. The van der Waals surface area contributed by atoms with Gasteiger partial charge in [-0.2, -0.15) is 0 Å². The Hall–Kier alpha value is -2.56. The molecule has 0 bridgehead atoms. The van der Waals surface area contributed by atoms with Gasteiger partial charge in [0.2, 0.25) is 5.91 Å². The molecule has 3 rings (SSSR count). The van der Waals surface area contributed by atoms with E-state index in [0.29, 0.717) is 0 Å². The van der Waals surface area contributed by atoms with Gasteiger partial charge < -0.3 is 15.1 Å². The summed E-state index contributed by atoms with van der Waals surface area (Å²) in [5, 5.41) is 3.09. The van der Waals surface area contributed by atoms with Crippen LogP contribution in [0.4, 0.5) is 22.9 Å². The van der Waals surface area contributed by atoms with Crippen molar-refractivity contribution in [2.45, 2.75) is 48.0 Å². The highest BCUT2D eigenvalue weighted by atomic mass is 16.2. The van der Waals surface area contributed by atoms with Gasteiger partial charge in [-0.1, -0.05) is 24.6 Å². The van der Waals surface area contributed by atoms with E-state index in [1.165, 1.54) is 16.7 Å². The molecule has 1 aliphatic heterocycles. The van der Waals surface area contributed by atoms with E-state index in [-0.39, 0.29) is 12.5 Å². The van der Waals surface area contributed by atoms with Crippen LogP contribution in [-0.4, -0.2) is 30.5 Å². The summed E-state index contributed by atoms with van der Waals surface area (Å²) < 4.78 is 0. The van der Waals surface area contributed by atoms with Crippen molar-refractivity contribution < 1.29 is 4.79 Å². The van der Waals surface area contributed by atoms with Crippen LogP contribution in [-0.2, 0) is 4.79 Å². The van der Waals surface area contributed by atoms with Crippen molar-refractivity contribution in [3.05, 3.63) is 40.6 Å². The van der Waals surface area contributed by atoms with Gasteiger partial charge in [-0.15, -0.1) is 0 Å². The second kappa shape index (κ2) is 7.59. The summed E-state index contributed by atoms with van der Waals surface area (Å²) in [6, 6.07) is 6.41. The van der Waals surface area contributed by atoms with Crippen molar-refractivity contribution in [1.29, 1.82) is 0 Å². The lowest BCUT2D eigenvalue weighted by atomic mass is 10.0. The minimum atomic E-state index is 0.00123. The fourth-order valence-electron chi connectivity index (χ4n) is 4.10. The van der Waals surface area contributed by atoms with E-state index in [1.54, 1.807) is 0 Å². The number of carbonyl (C=O) groups excluding carboxylic acids is 1. The Morgan fingerprint density at radius 2 is 1.78 bits per heavy atom. The van der Waals surface area contributed by atoms with Crippen LogP contribution in [0.5, 0.6) is 0 Å². The lowest BCUT2D eigenvalue weighted by molar-refractivity contribution is -0.115. The summed E-state index contributed by atoms with van der Waals surface area (Å²) in [5.41, 5.74) is 7.49. The zero-order chi connectivity index (χ0) is 19.7. The van der Waals surface area contributed by atoms with Gasteiger partial charge in [-0.25, -0.2) is 4.98 Å². The molecule has 1 aliphatic rings. The van der Waals surface area contributed by atoms with Gasteiger partial charge in [0.25, 0.3) is 0 Å². The number of aromatic nitrogens is 1. The quantitative estimate of drug-likeness (QED) is 0.837. The molecule has 2 aromatic rings. The average molecular weight is 367 g/mol.